The lowest BCUT2D eigenvalue weighted by atomic mass is 10.1. The molecule has 4 rings (SSSR count). The lowest BCUT2D eigenvalue weighted by Gasteiger charge is -2.26. The summed E-state index contributed by atoms with van der Waals surface area (Å²) in [5.41, 5.74) is 0.664. The molecule has 0 bridgehead atoms. The number of rotatable bonds is 4. The highest BCUT2D eigenvalue weighted by atomic mass is 16.6. The van der Waals surface area contributed by atoms with Gasteiger partial charge in [-0.2, -0.15) is 0 Å². The molecule has 2 atom stereocenters. The molecule has 1 aliphatic heterocycles. The number of nitrogens with one attached hydrogen (secondary N) is 1. The van der Waals surface area contributed by atoms with E-state index in [0.717, 1.165) is 10.8 Å². The standard InChI is InChI=1S/C22H19NO5/c1-14(21(24)23-17-10-6-8-15-7-2-3-9-16(15)17)27-22(25)20-13-26-18-11-4-5-12-19(18)28-20/h2-12,14,20H,13H2,1H3,(H,23,24)/t14-,20-/m0/s1. The first-order valence-electron chi connectivity index (χ1n) is 8.99. The van der Waals surface area contributed by atoms with Crippen LogP contribution in [0.1, 0.15) is 6.92 Å². The summed E-state index contributed by atoms with van der Waals surface area (Å²) in [5.74, 6) is -0.00578. The summed E-state index contributed by atoms with van der Waals surface area (Å²) < 4.78 is 16.4. The van der Waals surface area contributed by atoms with Crippen molar-refractivity contribution in [3.63, 3.8) is 0 Å². The monoisotopic (exact) mass is 377 g/mol. The van der Waals surface area contributed by atoms with Crippen molar-refractivity contribution in [3.05, 3.63) is 66.7 Å². The summed E-state index contributed by atoms with van der Waals surface area (Å²) in [7, 11) is 0. The van der Waals surface area contributed by atoms with E-state index >= 15 is 0 Å². The summed E-state index contributed by atoms with van der Waals surface area (Å²) in [4.78, 5) is 24.9. The Labute approximate surface area is 162 Å². The molecule has 6 heteroatoms. The molecule has 0 fully saturated rings. The predicted molar refractivity (Wildman–Crippen MR) is 104 cm³/mol. The summed E-state index contributed by atoms with van der Waals surface area (Å²) in [6.45, 7) is 1.56. The van der Waals surface area contributed by atoms with Crippen LogP contribution in [-0.2, 0) is 14.3 Å². The van der Waals surface area contributed by atoms with Crippen LogP contribution in [0.25, 0.3) is 10.8 Å². The number of fused-ring (bicyclic) bond motifs is 2. The van der Waals surface area contributed by atoms with Crippen molar-refractivity contribution in [2.45, 2.75) is 19.1 Å². The van der Waals surface area contributed by atoms with E-state index < -0.39 is 24.1 Å². The molecule has 1 amide bonds. The average molecular weight is 377 g/mol. The van der Waals surface area contributed by atoms with Gasteiger partial charge in [-0.1, -0.05) is 48.5 Å². The molecule has 6 nitrogen and oxygen atoms in total. The van der Waals surface area contributed by atoms with Crippen molar-refractivity contribution in [2.24, 2.45) is 0 Å². The van der Waals surface area contributed by atoms with Gasteiger partial charge in [0.2, 0.25) is 6.10 Å². The van der Waals surface area contributed by atoms with Gasteiger partial charge in [-0.25, -0.2) is 4.79 Å². The smallest absolute Gasteiger partial charge is 0.351 e. The summed E-state index contributed by atoms with van der Waals surface area (Å²) in [6, 6.07) is 20.4. The van der Waals surface area contributed by atoms with E-state index in [1.54, 1.807) is 18.2 Å². The van der Waals surface area contributed by atoms with Crippen molar-refractivity contribution < 1.29 is 23.8 Å². The highest BCUT2D eigenvalue weighted by Gasteiger charge is 2.31. The second kappa shape index (κ2) is 7.60. The van der Waals surface area contributed by atoms with Gasteiger partial charge in [0, 0.05) is 11.1 Å². The van der Waals surface area contributed by atoms with Crippen LogP contribution in [0, 0.1) is 0 Å². The Morgan fingerprint density at radius 1 is 1.00 bits per heavy atom. The summed E-state index contributed by atoms with van der Waals surface area (Å²) >= 11 is 0. The van der Waals surface area contributed by atoms with Crippen LogP contribution in [0.4, 0.5) is 5.69 Å². The number of amides is 1. The number of hydrogen-bond donors (Lipinski definition) is 1. The largest absolute Gasteiger partial charge is 0.485 e. The van der Waals surface area contributed by atoms with Crippen LogP contribution in [0.15, 0.2) is 66.7 Å². The van der Waals surface area contributed by atoms with Crippen molar-refractivity contribution in [1.82, 2.24) is 0 Å². The molecular formula is C22H19NO5. The normalized spacial score (nSPS) is 16.2. The third kappa shape index (κ3) is 3.62. The zero-order chi connectivity index (χ0) is 19.5. The Bertz CT molecular complexity index is 1030. The van der Waals surface area contributed by atoms with Gasteiger partial charge in [0.1, 0.15) is 6.61 Å². The van der Waals surface area contributed by atoms with Gasteiger partial charge in [0.05, 0.1) is 0 Å². The molecule has 1 heterocycles. The van der Waals surface area contributed by atoms with Crippen molar-refractivity contribution in [3.8, 4) is 11.5 Å². The third-order valence-corrected chi connectivity index (χ3v) is 4.48. The fourth-order valence-corrected chi connectivity index (χ4v) is 3.01. The minimum Gasteiger partial charge on any atom is -0.485 e. The van der Waals surface area contributed by atoms with Gasteiger partial charge in [-0.05, 0) is 30.5 Å². The van der Waals surface area contributed by atoms with E-state index in [9.17, 15) is 9.59 Å². The van der Waals surface area contributed by atoms with Crippen LogP contribution in [0.2, 0.25) is 0 Å². The molecule has 0 spiro atoms. The number of hydrogen-bond acceptors (Lipinski definition) is 5. The molecule has 0 aromatic heterocycles. The maximum atomic E-state index is 12.5. The zero-order valence-electron chi connectivity index (χ0n) is 15.3. The number of esters is 1. The number of carbonyl (C=O) groups is 2. The lowest BCUT2D eigenvalue weighted by Crippen LogP contribution is -2.41. The highest BCUT2D eigenvalue weighted by molar-refractivity contribution is 6.03. The van der Waals surface area contributed by atoms with E-state index in [1.165, 1.54) is 6.92 Å². The second-order valence-electron chi connectivity index (χ2n) is 6.46. The molecule has 142 valence electrons. The molecule has 1 aliphatic rings. The Morgan fingerprint density at radius 3 is 2.57 bits per heavy atom. The maximum Gasteiger partial charge on any atom is 0.351 e. The fraction of sp³-hybridized carbons (Fsp3) is 0.182. The molecule has 0 aliphatic carbocycles. The van der Waals surface area contributed by atoms with E-state index in [2.05, 4.69) is 5.32 Å². The molecule has 0 unspecified atom stereocenters. The molecule has 0 saturated carbocycles. The van der Waals surface area contributed by atoms with E-state index in [4.69, 9.17) is 14.2 Å². The van der Waals surface area contributed by atoms with Crippen LogP contribution < -0.4 is 14.8 Å². The minimum absolute atomic E-state index is 0.0352. The molecule has 0 saturated heterocycles. The molecule has 28 heavy (non-hydrogen) atoms. The predicted octanol–water partition coefficient (Wildman–Crippen LogP) is 3.55. The average Bonchev–Trinajstić information content (AvgIpc) is 2.73. The van der Waals surface area contributed by atoms with Crippen LogP contribution in [-0.4, -0.2) is 30.7 Å². The number of para-hydroxylation sites is 2. The number of anilines is 1. The summed E-state index contributed by atoms with van der Waals surface area (Å²) in [5, 5.41) is 4.75. The first-order chi connectivity index (χ1) is 13.6. The second-order valence-corrected chi connectivity index (χ2v) is 6.46. The molecule has 1 N–H and O–H groups in total. The van der Waals surface area contributed by atoms with Crippen LogP contribution in [0.3, 0.4) is 0 Å². The van der Waals surface area contributed by atoms with Gasteiger partial charge in [-0.15, -0.1) is 0 Å². The third-order valence-electron chi connectivity index (χ3n) is 4.48. The first-order valence-corrected chi connectivity index (χ1v) is 8.99. The molecular weight excluding hydrogens is 358 g/mol. The fourth-order valence-electron chi connectivity index (χ4n) is 3.01. The van der Waals surface area contributed by atoms with Gasteiger partial charge < -0.3 is 19.5 Å². The molecule has 3 aromatic rings. The van der Waals surface area contributed by atoms with Crippen molar-refractivity contribution in [1.29, 1.82) is 0 Å². The first kappa shape index (κ1) is 17.9. The topological polar surface area (TPSA) is 73.9 Å². The molecule has 0 radical (unpaired) electrons. The Hall–Kier alpha value is -3.54. The number of ether oxygens (including phenoxy) is 3. The minimum atomic E-state index is -0.979. The van der Waals surface area contributed by atoms with E-state index in [1.807, 2.05) is 48.5 Å². The van der Waals surface area contributed by atoms with Gasteiger partial charge in [-0.3, -0.25) is 4.79 Å². The van der Waals surface area contributed by atoms with Crippen molar-refractivity contribution in [2.75, 3.05) is 11.9 Å². The number of carbonyl (C=O) groups excluding carboxylic acids is 2. The highest BCUT2D eigenvalue weighted by Crippen LogP contribution is 2.31. The van der Waals surface area contributed by atoms with Crippen LogP contribution in [0.5, 0.6) is 11.5 Å². The van der Waals surface area contributed by atoms with E-state index in [0.29, 0.717) is 17.2 Å². The maximum absolute atomic E-state index is 12.5. The molecule has 3 aromatic carbocycles. The lowest BCUT2D eigenvalue weighted by molar-refractivity contribution is -0.162. The Morgan fingerprint density at radius 2 is 1.71 bits per heavy atom. The summed E-state index contributed by atoms with van der Waals surface area (Å²) in [6.07, 6.45) is -1.89. The zero-order valence-corrected chi connectivity index (χ0v) is 15.3. The Balaban J connectivity index is 1.40. The number of benzene rings is 3. The van der Waals surface area contributed by atoms with Gasteiger partial charge >= 0.3 is 5.97 Å². The van der Waals surface area contributed by atoms with Crippen molar-refractivity contribution >= 4 is 28.3 Å². The SMILES string of the molecule is C[C@H](OC(=O)[C@@H]1COc2ccccc2O1)C(=O)Nc1cccc2ccccc12. The van der Waals surface area contributed by atoms with Gasteiger partial charge in [0.25, 0.3) is 5.91 Å². The quantitative estimate of drug-likeness (QED) is 0.704. The Kier molecular flexibility index (Phi) is 4.85. The van der Waals surface area contributed by atoms with Crippen LogP contribution >= 0.6 is 0 Å². The van der Waals surface area contributed by atoms with E-state index in [-0.39, 0.29) is 6.61 Å². The van der Waals surface area contributed by atoms with Gasteiger partial charge in [0.15, 0.2) is 17.6 Å².